The van der Waals surface area contributed by atoms with Crippen molar-refractivity contribution in [1.82, 2.24) is 9.55 Å². The molecule has 0 aliphatic carbocycles. The predicted octanol–water partition coefficient (Wildman–Crippen LogP) is 2.41. The van der Waals surface area contributed by atoms with Gasteiger partial charge >= 0.3 is 0 Å². The SMILES string of the molecule is CCCC(C)Cn1cnc2ccc(N)cc2c1=O. The quantitative estimate of drug-likeness (QED) is 0.841. The molecule has 0 saturated heterocycles. The zero-order valence-electron chi connectivity index (χ0n) is 10.9. The molecule has 0 radical (unpaired) electrons. The van der Waals surface area contributed by atoms with Crippen LogP contribution in [0.15, 0.2) is 29.3 Å². The lowest BCUT2D eigenvalue weighted by Crippen LogP contribution is -2.23. The zero-order chi connectivity index (χ0) is 13.1. The lowest BCUT2D eigenvalue weighted by Gasteiger charge is -2.12. The molecule has 0 aliphatic rings. The molecule has 1 aromatic heterocycles. The standard InChI is InChI=1S/C14H19N3O/c1-3-4-10(2)8-17-9-16-13-6-5-11(15)7-12(13)14(17)18/h5-7,9-10H,3-4,8,15H2,1-2H3. The molecule has 1 unspecified atom stereocenters. The Labute approximate surface area is 106 Å². The maximum atomic E-state index is 12.3. The highest BCUT2D eigenvalue weighted by Crippen LogP contribution is 2.12. The van der Waals surface area contributed by atoms with E-state index in [1.54, 1.807) is 29.1 Å². The van der Waals surface area contributed by atoms with E-state index < -0.39 is 0 Å². The molecule has 1 atom stereocenters. The Balaban J connectivity index is 2.41. The Bertz CT molecular complexity index is 604. The van der Waals surface area contributed by atoms with Gasteiger partial charge in [0.2, 0.25) is 0 Å². The Hall–Kier alpha value is -1.84. The molecule has 1 aromatic carbocycles. The second kappa shape index (κ2) is 5.21. The van der Waals surface area contributed by atoms with Crippen LogP contribution in [0.1, 0.15) is 26.7 Å². The van der Waals surface area contributed by atoms with Gasteiger partial charge in [0.05, 0.1) is 17.2 Å². The summed E-state index contributed by atoms with van der Waals surface area (Å²) in [7, 11) is 0. The first-order valence-electron chi connectivity index (χ1n) is 6.36. The summed E-state index contributed by atoms with van der Waals surface area (Å²) in [5.41, 5.74) is 7.01. The summed E-state index contributed by atoms with van der Waals surface area (Å²) < 4.78 is 1.68. The van der Waals surface area contributed by atoms with Gasteiger partial charge < -0.3 is 5.73 Å². The summed E-state index contributed by atoms with van der Waals surface area (Å²) in [6.45, 7) is 5.02. The zero-order valence-corrected chi connectivity index (χ0v) is 10.9. The number of fused-ring (bicyclic) bond motifs is 1. The van der Waals surface area contributed by atoms with Crippen molar-refractivity contribution in [3.8, 4) is 0 Å². The number of hydrogen-bond donors (Lipinski definition) is 1. The second-order valence-electron chi connectivity index (χ2n) is 4.87. The number of anilines is 1. The first-order valence-corrected chi connectivity index (χ1v) is 6.36. The number of aromatic nitrogens is 2. The molecule has 0 saturated carbocycles. The van der Waals surface area contributed by atoms with Crippen molar-refractivity contribution in [1.29, 1.82) is 0 Å². The Morgan fingerprint density at radius 2 is 2.22 bits per heavy atom. The molecule has 4 heteroatoms. The third-order valence-electron chi connectivity index (χ3n) is 3.14. The van der Waals surface area contributed by atoms with Gasteiger partial charge in [0, 0.05) is 12.2 Å². The molecule has 0 fully saturated rings. The largest absolute Gasteiger partial charge is 0.399 e. The lowest BCUT2D eigenvalue weighted by atomic mass is 10.1. The van der Waals surface area contributed by atoms with Crippen molar-refractivity contribution >= 4 is 16.6 Å². The van der Waals surface area contributed by atoms with Crippen molar-refractivity contribution < 1.29 is 0 Å². The molecule has 2 aromatic rings. The molecule has 2 rings (SSSR count). The summed E-state index contributed by atoms with van der Waals surface area (Å²) in [5.74, 6) is 0.480. The van der Waals surface area contributed by atoms with Gasteiger partial charge in [-0.1, -0.05) is 20.3 Å². The first kappa shape index (κ1) is 12.6. The fourth-order valence-corrected chi connectivity index (χ4v) is 2.23. The van der Waals surface area contributed by atoms with E-state index in [-0.39, 0.29) is 5.56 Å². The van der Waals surface area contributed by atoms with Crippen LogP contribution < -0.4 is 11.3 Å². The number of nitrogen functional groups attached to an aromatic ring is 1. The Morgan fingerprint density at radius 3 is 2.94 bits per heavy atom. The molecule has 0 amide bonds. The molecular weight excluding hydrogens is 226 g/mol. The van der Waals surface area contributed by atoms with E-state index in [1.165, 1.54) is 0 Å². The number of nitrogens with two attached hydrogens (primary N) is 1. The summed E-state index contributed by atoms with van der Waals surface area (Å²) in [6.07, 6.45) is 3.87. The van der Waals surface area contributed by atoms with E-state index in [4.69, 9.17) is 5.73 Å². The molecule has 0 aliphatic heterocycles. The summed E-state index contributed by atoms with van der Waals surface area (Å²) in [4.78, 5) is 16.6. The summed E-state index contributed by atoms with van der Waals surface area (Å²) in [5, 5.41) is 0.598. The van der Waals surface area contributed by atoms with E-state index in [1.807, 2.05) is 0 Å². The Kier molecular flexibility index (Phi) is 3.65. The van der Waals surface area contributed by atoms with Crippen molar-refractivity contribution in [2.45, 2.75) is 33.2 Å². The number of benzene rings is 1. The van der Waals surface area contributed by atoms with Gasteiger partial charge in [0.1, 0.15) is 0 Å². The van der Waals surface area contributed by atoms with E-state index in [9.17, 15) is 4.79 Å². The van der Waals surface area contributed by atoms with Crippen LogP contribution in [-0.4, -0.2) is 9.55 Å². The summed E-state index contributed by atoms with van der Waals surface area (Å²) in [6, 6.07) is 5.25. The highest BCUT2D eigenvalue weighted by molar-refractivity contribution is 5.80. The van der Waals surface area contributed by atoms with E-state index >= 15 is 0 Å². The average molecular weight is 245 g/mol. The van der Waals surface area contributed by atoms with Crippen molar-refractivity contribution in [2.24, 2.45) is 5.92 Å². The minimum absolute atomic E-state index is 0.00440. The van der Waals surface area contributed by atoms with Crippen LogP contribution in [0.25, 0.3) is 10.9 Å². The van der Waals surface area contributed by atoms with Crippen LogP contribution in [0, 0.1) is 5.92 Å². The number of rotatable bonds is 4. The van der Waals surface area contributed by atoms with Gasteiger partial charge in [-0.25, -0.2) is 4.98 Å². The van der Waals surface area contributed by atoms with E-state index in [0.29, 0.717) is 29.1 Å². The summed E-state index contributed by atoms with van der Waals surface area (Å²) >= 11 is 0. The second-order valence-corrected chi connectivity index (χ2v) is 4.87. The van der Waals surface area contributed by atoms with Gasteiger partial charge in [0.25, 0.3) is 5.56 Å². The normalized spacial score (nSPS) is 12.8. The Morgan fingerprint density at radius 1 is 1.44 bits per heavy atom. The minimum Gasteiger partial charge on any atom is -0.399 e. The van der Waals surface area contributed by atoms with Gasteiger partial charge in [0.15, 0.2) is 0 Å². The molecular formula is C14H19N3O. The number of hydrogen-bond acceptors (Lipinski definition) is 3. The van der Waals surface area contributed by atoms with E-state index in [2.05, 4.69) is 18.8 Å². The van der Waals surface area contributed by atoms with Crippen LogP contribution in [0.5, 0.6) is 0 Å². The third kappa shape index (κ3) is 2.53. The molecule has 4 nitrogen and oxygen atoms in total. The molecule has 18 heavy (non-hydrogen) atoms. The lowest BCUT2D eigenvalue weighted by molar-refractivity contribution is 0.437. The van der Waals surface area contributed by atoms with Crippen LogP contribution in [0.4, 0.5) is 5.69 Å². The third-order valence-corrected chi connectivity index (χ3v) is 3.14. The highest BCUT2D eigenvalue weighted by Gasteiger charge is 2.07. The molecule has 0 spiro atoms. The van der Waals surface area contributed by atoms with Crippen LogP contribution in [0.3, 0.4) is 0 Å². The molecule has 0 bridgehead atoms. The molecule has 2 N–H and O–H groups in total. The number of nitrogens with zero attached hydrogens (tertiary/aromatic N) is 2. The molecule has 1 heterocycles. The first-order chi connectivity index (χ1) is 8.61. The van der Waals surface area contributed by atoms with Crippen LogP contribution >= 0.6 is 0 Å². The van der Waals surface area contributed by atoms with Gasteiger partial charge in [-0.05, 0) is 30.5 Å². The topological polar surface area (TPSA) is 60.9 Å². The average Bonchev–Trinajstić information content (AvgIpc) is 2.34. The predicted molar refractivity (Wildman–Crippen MR) is 74.5 cm³/mol. The van der Waals surface area contributed by atoms with Crippen molar-refractivity contribution in [3.05, 3.63) is 34.9 Å². The monoisotopic (exact) mass is 245 g/mol. The minimum atomic E-state index is -0.00440. The van der Waals surface area contributed by atoms with Crippen molar-refractivity contribution in [2.75, 3.05) is 5.73 Å². The van der Waals surface area contributed by atoms with Crippen molar-refractivity contribution in [3.63, 3.8) is 0 Å². The fraction of sp³-hybridized carbons (Fsp3) is 0.429. The van der Waals surface area contributed by atoms with Gasteiger partial charge in [-0.3, -0.25) is 9.36 Å². The maximum Gasteiger partial charge on any atom is 0.261 e. The molecule has 96 valence electrons. The van der Waals surface area contributed by atoms with Gasteiger partial charge in [-0.2, -0.15) is 0 Å². The highest BCUT2D eigenvalue weighted by atomic mass is 16.1. The van der Waals surface area contributed by atoms with Crippen LogP contribution in [0.2, 0.25) is 0 Å². The van der Waals surface area contributed by atoms with Gasteiger partial charge in [-0.15, -0.1) is 0 Å². The van der Waals surface area contributed by atoms with Crippen LogP contribution in [-0.2, 0) is 6.54 Å². The smallest absolute Gasteiger partial charge is 0.261 e. The fourth-order valence-electron chi connectivity index (χ4n) is 2.23. The maximum absolute atomic E-state index is 12.3. The van der Waals surface area contributed by atoms with E-state index in [0.717, 1.165) is 12.8 Å².